The fourth-order valence-corrected chi connectivity index (χ4v) is 2.20. The van der Waals surface area contributed by atoms with Crippen molar-refractivity contribution in [3.8, 4) is 11.5 Å². The first-order valence-electron chi connectivity index (χ1n) is 7.23. The third kappa shape index (κ3) is 3.33. The van der Waals surface area contributed by atoms with Gasteiger partial charge in [0.1, 0.15) is 5.69 Å². The SMILES string of the molecule is COc1ccc(/C=N/NC(=O)c2ccc3ccccc3n2)cc1O. The molecule has 0 fully saturated rings. The van der Waals surface area contributed by atoms with Gasteiger partial charge in [0.15, 0.2) is 11.5 Å². The van der Waals surface area contributed by atoms with Crippen LogP contribution in [-0.2, 0) is 0 Å². The number of pyridine rings is 1. The van der Waals surface area contributed by atoms with E-state index < -0.39 is 5.91 Å². The minimum absolute atomic E-state index is 0.00368. The molecule has 0 spiro atoms. The topological polar surface area (TPSA) is 83.8 Å². The molecule has 0 aliphatic rings. The number of hydrogen-bond acceptors (Lipinski definition) is 5. The van der Waals surface area contributed by atoms with Crippen LogP contribution < -0.4 is 10.2 Å². The minimum atomic E-state index is -0.408. The zero-order valence-electron chi connectivity index (χ0n) is 12.9. The largest absolute Gasteiger partial charge is 0.504 e. The van der Waals surface area contributed by atoms with E-state index in [1.807, 2.05) is 30.3 Å². The fourth-order valence-electron chi connectivity index (χ4n) is 2.20. The number of carbonyl (C=O) groups excluding carboxylic acids is 1. The molecule has 0 saturated heterocycles. The predicted octanol–water partition coefficient (Wildman–Crippen LogP) is 2.71. The number of carbonyl (C=O) groups is 1. The summed E-state index contributed by atoms with van der Waals surface area (Å²) in [7, 11) is 1.47. The van der Waals surface area contributed by atoms with Crippen LogP contribution in [-0.4, -0.2) is 29.3 Å². The second-order valence-electron chi connectivity index (χ2n) is 5.02. The van der Waals surface area contributed by atoms with Crippen LogP contribution >= 0.6 is 0 Å². The molecule has 0 radical (unpaired) electrons. The molecular formula is C18H15N3O3. The second kappa shape index (κ2) is 6.78. The van der Waals surface area contributed by atoms with Crippen molar-refractivity contribution in [3.63, 3.8) is 0 Å². The van der Waals surface area contributed by atoms with E-state index in [1.54, 1.807) is 18.2 Å². The summed E-state index contributed by atoms with van der Waals surface area (Å²) in [5.74, 6) is -0.0322. The van der Waals surface area contributed by atoms with E-state index in [-0.39, 0.29) is 11.4 Å². The molecule has 0 aliphatic carbocycles. The first kappa shape index (κ1) is 15.5. The molecule has 6 nitrogen and oxygen atoms in total. The number of hydrazone groups is 1. The number of methoxy groups -OCH3 is 1. The van der Waals surface area contributed by atoms with Gasteiger partial charge in [-0.1, -0.05) is 24.3 Å². The maximum absolute atomic E-state index is 12.1. The van der Waals surface area contributed by atoms with Crippen molar-refractivity contribution in [2.24, 2.45) is 5.10 Å². The first-order valence-corrected chi connectivity index (χ1v) is 7.23. The molecule has 120 valence electrons. The van der Waals surface area contributed by atoms with E-state index in [9.17, 15) is 9.90 Å². The van der Waals surface area contributed by atoms with Gasteiger partial charge in [-0.2, -0.15) is 5.10 Å². The second-order valence-corrected chi connectivity index (χ2v) is 5.02. The standard InChI is InChI=1S/C18H15N3O3/c1-24-17-9-6-12(10-16(17)22)11-19-21-18(23)15-8-7-13-4-2-3-5-14(13)20-15/h2-11,22H,1H3,(H,21,23)/b19-11+. The number of para-hydroxylation sites is 1. The number of aromatic nitrogens is 1. The van der Waals surface area contributed by atoms with Gasteiger partial charge < -0.3 is 9.84 Å². The Morgan fingerprint density at radius 3 is 2.83 bits per heavy atom. The maximum atomic E-state index is 12.1. The molecule has 3 aromatic rings. The van der Waals surface area contributed by atoms with Crippen molar-refractivity contribution >= 4 is 23.0 Å². The molecule has 2 aromatic carbocycles. The number of benzene rings is 2. The van der Waals surface area contributed by atoms with Gasteiger partial charge in [0.25, 0.3) is 5.91 Å². The molecule has 0 aliphatic heterocycles. The summed E-state index contributed by atoms with van der Waals surface area (Å²) in [4.78, 5) is 16.4. The maximum Gasteiger partial charge on any atom is 0.289 e. The van der Waals surface area contributed by atoms with Crippen LogP contribution in [0.15, 0.2) is 59.7 Å². The summed E-state index contributed by atoms with van der Waals surface area (Å²) in [6.07, 6.45) is 1.43. The molecular weight excluding hydrogens is 306 g/mol. The highest BCUT2D eigenvalue weighted by Crippen LogP contribution is 2.25. The normalized spacial score (nSPS) is 10.9. The molecule has 3 rings (SSSR count). The summed E-state index contributed by atoms with van der Waals surface area (Å²) in [5, 5.41) is 14.5. The number of nitrogens with one attached hydrogen (secondary N) is 1. The zero-order valence-corrected chi connectivity index (χ0v) is 12.9. The minimum Gasteiger partial charge on any atom is -0.504 e. The Bertz CT molecular complexity index is 922. The van der Waals surface area contributed by atoms with Crippen molar-refractivity contribution in [2.75, 3.05) is 7.11 Å². The van der Waals surface area contributed by atoms with Gasteiger partial charge in [-0.3, -0.25) is 4.79 Å². The molecule has 1 aromatic heterocycles. The van der Waals surface area contributed by atoms with Crippen LogP contribution in [0.2, 0.25) is 0 Å². The molecule has 0 atom stereocenters. The highest BCUT2D eigenvalue weighted by Gasteiger charge is 2.07. The number of hydrogen-bond donors (Lipinski definition) is 2. The number of phenolic OH excluding ortho intramolecular Hbond substituents is 1. The summed E-state index contributed by atoms with van der Waals surface area (Å²) in [5.41, 5.74) is 4.07. The lowest BCUT2D eigenvalue weighted by atomic mass is 10.2. The van der Waals surface area contributed by atoms with Gasteiger partial charge in [-0.05, 0) is 35.9 Å². The number of ether oxygens (including phenoxy) is 1. The third-order valence-electron chi connectivity index (χ3n) is 3.41. The number of phenols is 1. The number of rotatable bonds is 4. The monoisotopic (exact) mass is 321 g/mol. The lowest BCUT2D eigenvalue weighted by Gasteiger charge is -2.03. The highest BCUT2D eigenvalue weighted by molar-refractivity contribution is 5.95. The first-order chi connectivity index (χ1) is 11.7. The van der Waals surface area contributed by atoms with Crippen LogP contribution in [0.4, 0.5) is 0 Å². The molecule has 2 N–H and O–H groups in total. The quantitative estimate of drug-likeness (QED) is 0.571. The molecule has 0 saturated carbocycles. The van der Waals surface area contributed by atoms with Crippen molar-refractivity contribution in [1.29, 1.82) is 0 Å². The molecule has 1 amide bonds. The number of aromatic hydroxyl groups is 1. The lowest BCUT2D eigenvalue weighted by Crippen LogP contribution is -2.18. The number of nitrogens with zero attached hydrogens (tertiary/aromatic N) is 2. The Kier molecular flexibility index (Phi) is 4.38. The van der Waals surface area contributed by atoms with Crippen LogP contribution in [0.5, 0.6) is 11.5 Å². The third-order valence-corrected chi connectivity index (χ3v) is 3.41. The predicted molar refractivity (Wildman–Crippen MR) is 91.5 cm³/mol. The summed E-state index contributed by atoms with van der Waals surface area (Å²) >= 11 is 0. The Morgan fingerprint density at radius 1 is 1.21 bits per heavy atom. The van der Waals surface area contributed by atoms with Crippen LogP contribution in [0.25, 0.3) is 10.9 Å². The van der Waals surface area contributed by atoms with Crippen LogP contribution in [0.1, 0.15) is 16.1 Å². The van der Waals surface area contributed by atoms with E-state index in [0.717, 1.165) is 10.9 Å². The summed E-state index contributed by atoms with van der Waals surface area (Å²) in [6, 6.07) is 15.8. The molecule has 0 bridgehead atoms. The van der Waals surface area contributed by atoms with Crippen LogP contribution in [0, 0.1) is 0 Å². The van der Waals surface area contributed by atoms with E-state index >= 15 is 0 Å². The average Bonchev–Trinajstić information content (AvgIpc) is 2.61. The van der Waals surface area contributed by atoms with E-state index in [4.69, 9.17) is 4.74 Å². The smallest absolute Gasteiger partial charge is 0.289 e. The van der Waals surface area contributed by atoms with E-state index in [0.29, 0.717) is 11.3 Å². The van der Waals surface area contributed by atoms with Crippen molar-refractivity contribution < 1.29 is 14.6 Å². The Labute approximate surface area is 138 Å². The molecule has 6 heteroatoms. The van der Waals surface area contributed by atoms with Gasteiger partial charge in [-0.15, -0.1) is 0 Å². The van der Waals surface area contributed by atoms with Gasteiger partial charge in [-0.25, -0.2) is 10.4 Å². The van der Waals surface area contributed by atoms with E-state index in [2.05, 4.69) is 15.5 Å². The van der Waals surface area contributed by atoms with Gasteiger partial charge in [0.05, 0.1) is 18.8 Å². The van der Waals surface area contributed by atoms with Gasteiger partial charge in [0.2, 0.25) is 0 Å². The van der Waals surface area contributed by atoms with Crippen molar-refractivity contribution in [2.45, 2.75) is 0 Å². The van der Waals surface area contributed by atoms with E-state index in [1.165, 1.54) is 19.4 Å². The van der Waals surface area contributed by atoms with Crippen molar-refractivity contribution in [1.82, 2.24) is 10.4 Å². The van der Waals surface area contributed by atoms with Gasteiger partial charge in [0, 0.05) is 5.39 Å². The lowest BCUT2D eigenvalue weighted by molar-refractivity contribution is 0.0950. The Hall–Kier alpha value is -3.41. The van der Waals surface area contributed by atoms with Crippen molar-refractivity contribution in [3.05, 3.63) is 65.9 Å². The molecule has 0 unspecified atom stereocenters. The molecule has 1 heterocycles. The Balaban J connectivity index is 1.71. The average molecular weight is 321 g/mol. The fraction of sp³-hybridized carbons (Fsp3) is 0.0556. The molecule has 24 heavy (non-hydrogen) atoms. The zero-order chi connectivity index (χ0) is 16.9. The van der Waals surface area contributed by atoms with Crippen LogP contribution in [0.3, 0.4) is 0 Å². The highest BCUT2D eigenvalue weighted by atomic mass is 16.5. The van der Waals surface area contributed by atoms with Gasteiger partial charge >= 0.3 is 0 Å². The summed E-state index contributed by atoms with van der Waals surface area (Å²) < 4.78 is 4.96. The number of fused-ring (bicyclic) bond motifs is 1. The Morgan fingerprint density at radius 2 is 2.04 bits per heavy atom. The number of amides is 1. The summed E-state index contributed by atoms with van der Waals surface area (Å²) in [6.45, 7) is 0.